The fourth-order valence-electron chi connectivity index (χ4n) is 4.63. The van der Waals surface area contributed by atoms with E-state index in [-0.39, 0.29) is 10.0 Å². The van der Waals surface area contributed by atoms with Crippen LogP contribution in [0.3, 0.4) is 0 Å². The van der Waals surface area contributed by atoms with E-state index in [1.54, 1.807) is 24.3 Å². The maximum Gasteiger partial charge on any atom is 0.266 e. The highest BCUT2D eigenvalue weighted by molar-refractivity contribution is 7.91. The zero-order chi connectivity index (χ0) is 25.4. The predicted octanol–water partition coefficient (Wildman–Crippen LogP) is 7.79. The van der Waals surface area contributed by atoms with E-state index in [0.29, 0.717) is 15.1 Å². The second-order valence-electron chi connectivity index (χ2n) is 8.61. The van der Waals surface area contributed by atoms with Crippen molar-refractivity contribution in [2.45, 2.75) is 30.2 Å². The average Bonchev–Trinajstić information content (AvgIpc) is 2.86. The Balaban J connectivity index is 1.67. The highest BCUT2D eigenvalue weighted by atomic mass is 35.5. The first-order chi connectivity index (χ1) is 17.2. The van der Waals surface area contributed by atoms with Crippen molar-refractivity contribution in [1.29, 1.82) is 0 Å². The second-order valence-corrected chi connectivity index (χ2v) is 12.1. The normalized spacial score (nSPS) is 19.3. The Morgan fingerprint density at radius 2 is 1.39 bits per heavy atom. The first kappa shape index (κ1) is 25.3. The number of nitrogens with one attached hydrogen (secondary N) is 1. The van der Waals surface area contributed by atoms with Crippen molar-refractivity contribution < 1.29 is 8.42 Å². The molecule has 4 nitrogen and oxygen atoms in total. The van der Waals surface area contributed by atoms with Gasteiger partial charge >= 0.3 is 0 Å². The summed E-state index contributed by atoms with van der Waals surface area (Å²) in [4.78, 5) is 0.117. The van der Waals surface area contributed by atoms with Gasteiger partial charge in [-0.15, -0.1) is 0 Å². The number of nitrogens with zero attached hydrogens (tertiary/aromatic N) is 1. The van der Waals surface area contributed by atoms with Crippen molar-refractivity contribution in [3.63, 3.8) is 0 Å². The standard InChI is InChI=1S/C27H21Cl3N2O2S2/c28-20-8-4-17(5-9-20)16-19-2-1-3-24-25(19)31-27(35)32(26(24)18-6-10-21(29)11-7-18)36(33,34)23-14-12-22(30)13-15-23/h4-16,26H,1-3H2,(H,31,35). The number of thiocarbonyl (C=S) groups is 1. The lowest BCUT2D eigenvalue weighted by Gasteiger charge is -2.42. The van der Waals surface area contributed by atoms with Gasteiger partial charge in [0.15, 0.2) is 5.11 Å². The molecule has 0 amide bonds. The molecule has 3 aromatic rings. The molecule has 1 unspecified atom stereocenters. The van der Waals surface area contributed by atoms with E-state index < -0.39 is 16.1 Å². The van der Waals surface area contributed by atoms with Crippen LogP contribution in [0.4, 0.5) is 0 Å². The molecule has 0 spiro atoms. The minimum Gasteiger partial charge on any atom is -0.331 e. The van der Waals surface area contributed by atoms with E-state index in [9.17, 15) is 8.42 Å². The molecular weight excluding hydrogens is 555 g/mol. The number of hydrogen-bond donors (Lipinski definition) is 1. The third-order valence-corrected chi connectivity index (χ3v) is 9.25. The van der Waals surface area contributed by atoms with Gasteiger partial charge in [0.2, 0.25) is 0 Å². The zero-order valence-electron chi connectivity index (χ0n) is 18.9. The van der Waals surface area contributed by atoms with Gasteiger partial charge in [0.25, 0.3) is 10.0 Å². The fraction of sp³-hybridized carbons (Fsp3) is 0.148. The minimum absolute atomic E-state index is 0.117. The lowest BCUT2D eigenvalue weighted by Crippen LogP contribution is -2.50. The Labute approximate surface area is 231 Å². The molecule has 0 bridgehead atoms. The van der Waals surface area contributed by atoms with Crippen LogP contribution in [-0.2, 0) is 10.0 Å². The van der Waals surface area contributed by atoms with Crippen molar-refractivity contribution in [1.82, 2.24) is 9.62 Å². The van der Waals surface area contributed by atoms with Gasteiger partial charge in [-0.1, -0.05) is 59.1 Å². The van der Waals surface area contributed by atoms with Crippen LogP contribution < -0.4 is 5.32 Å². The van der Waals surface area contributed by atoms with Crippen molar-refractivity contribution in [2.75, 3.05) is 0 Å². The number of allylic oxidation sites excluding steroid dienone is 1. The van der Waals surface area contributed by atoms with Crippen LogP contribution in [0.25, 0.3) is 6.08 Å². The van der Waals surface area contributed by atoms with Gasteiger partial charge in [-0.2, -0.15) is 0 Å². The van der Waals surface area contributed by atoms with Gasteiger partial charge < -0.3 is 5.32 Å². The fourth-order valence-corrected chi connectivity index (χ4v) is 7.01. The van der Waals surface area contributed by atoms with Crippen LogP contribution in [0.5, 0.6) is 0 Å². The van der Waals surface area contributed by atoms with Gasteiger partial charge in [-0.05, 0) is 108 Å². The smallest absolute Gasteiger partial charge is 0.266 e. The molecule has 0 saturated heterocycles. The van der Waals surface area contributed by atoms with Crippen molar-refractivity contribution in [3.05, 3.63) is 116 Å². The monoisotopic (exact) mass is 574 g/mol. The number of rotatable bonds is 4. The molecule has 1 heterocycles. The number of sulfonamides is 1. The Kier molecular flexibility index (Phi) is 7.16. The van der Waals surface area contributed by atoms with Crippen molar-refractivity contribution >= 4 is 68.2 Å². The molecule has 36 heavy (non-hydrogen) atoms. The van der Waals surface area contributed by atoms with Gasteiger partial charge in [0, 0.05) is 20.8 Å². The maximum atomic E-state index is 13.9. The van der Waals surface area contributed by atoms with Gasteiger partial charge in [-0.25, -0.2) is 12.7 Å². The first-order valence-electron chi connectivity index (χ1n) is 11.3. The molecule has 0 fully saturated rings. The SMILES string of the molecule is O=S(=O)(c1ccc(Cl)cc1)N1C(=S)NC2=C(CCCC2=Cc2ccc(Cl)cc2)C1c1ccc(Cl)cc1. The second kappa shape index (κ2) is 10.2. The third kappa shape index (κ3) is 4.93. The lowest BCUT2D eigenvalue weighted by molar-refractivity contribution is 0.439. The zero-order valence-corrected chi connectivity index (χ0v) is 22.8. The molecule has 1 aliphatic carbocycles. The topological polar surface area (TPSA) is 49.4 Å². The Morgan fingerprint density at radius 3 is 2.00 bits per heavy atom. The molecule has 184 valence electrons. The van der Waals surface area contributed by atoms with Crippen molar-refractivity contribution in [2.24, 2.45) is 0 Å². The summed E-state index contributed by atoms with van der Waals surface area (Å²) in [5, 5.41) is 5.08. The number of hydrogen-bond acceptors (Lipinski definition) is 3. The summed E-state index contributed by atoms with van der Waals surface area (Å²) in [6, 6.07) is 20.4. The van der Waals surface area contributed by atoms with Crippen LogP contribution >= 0.6 is 47.0 Å². The van der Waals surface area contributed by atoms with Gasteiger partial charge in [0.1, 0.15) is 0 Å². The van der Waals surface area contributed by atoms with Crippen LogP contribution in [0.2, 0.25) is 15.1 Å². The maximum absolute atomic E-state index is 13.9. The quantitative estimate of drug-likeness (QED) is 0.323. The molecule has 0 radical (unpaired) electrons. The molecule has 1 atom stereocenters. The summed E-state index contributed by atoms with van der Waals surface area (Å²) in [5.74, 6) is 0. The molecule has 9 heteroatoms. The van der Waals surface area contributed by atoms with Crippen LogP contribution in [0, 0.1) is 0 Å². The van der Waals surface area contributed by atoms with Crippen molar-refractivity contribution in [3.8, 4) is 0 Å². The average molecular weight is 576 g/mol. The van der Waals surface area contributed by atoms with Crippen LogP contribution in [0.15, 0.2) is 94.5 Å². The summed E-state index contributed by atoms with van der Waals surface area (Å²) < 4.78 is 29.1. The highest BCUT2D eigenvalue weighted by Crippen LogP contribution is 2.45. The van der Waals surface area contributed by atoms with E-state index in [1.165, 1.54) is 16.4 Å². The largest absolute Gasteiger partial charge is 0.331 e. The van der Waals surface area contributed by atoms with E-state index in [1.807, 2.05) is 36.4 Å². The first-order valence-corrected chi connectivity index (χ1v) is 14.3. The summed E-state index contributed by atoms with van der Waals surface area (Å²) in [5.41, 5.74) is 4.72. The van der Waals surface area contributed by atoms with E-state index in [0.717, 1.165) is 47.2 Å². The summed E-state index contributed by atoms with van der Waals surface area (Å²) in [6.07, 6.45) is 4.55. The lowest BCUT2D eigenvalue weighted by atomic mass is 9.83. The molecule has 5 rings (SSSR count). The predicted molar refractivity (Wildman–Crippen MR) is 151 cm³/mol. The molecule has 3 aromatic carbocycles. The Morgan fingerprint density at radius 1 is 0.833 bits per heavy atom. The molecule has 0 aromatic heterocycles. The molecule has 2 aliphatic rings. The third-order valence-electron chi connectivity index (χ3n) is 6.30. The summed E-state index contributed by atoms with van der Waals surface area (Å²) in [6.45, 7) is 0. The molecular formula is C27H21Cl3N2O2S2. The molecule has 1 aliphatic heterocycles. The molecule has 0 saturated carbocycles. The van der Waals surface area contributed by atoms with E-state index in [4.69, 9.17) is 47.0 Å². The van der Waals surface area contributed by atoms with E-state index in [2.05, 4.69) is 11.4 Å². The summed E-state index contributed by atoms with van der Waals surface area (Å²) >= 11 is 24.0. The minimum atomic E-state index is -4.00. The van der Waals surface area contributed by atoms with Gasteiger partial charge in [-0.3, -0.25) is 0 Å². The van der Waals surface area contributed by atoms with Crippen LogP contribution in [-0.4, -0.2) is 17.8 Å². The Bertz CT molecular complexity index is 1480. The number of halogens is 3. The summed E-state index contributed by atoms with van der Waals surface area (Å²) in [7, 11) is -4.00. The highest BCUT2D eigenvalue weighted by Gasteiger charge is 2.42. The molecule has 1 N–H and O–H groups in total. The van der Waals surface area contributed by atoms with Crippen LogP contribution in [0.1, 0.15) is 36.4 Å². The van der Waals surface area contributed by atoms with E-state index >= 15 is 0 Å². The number of benzene rings is 3. The Hall–Kier alpha value is -2.35. The van der Waals surface area contributed by atoms with Gasteiger partial charge in [0.05, 0.1) is 10.9 Å².